The molecule has 1 unspecified atom stereocenters. The van der Waals surface area contributed by atoms with Crippen LogP contribution in [-0.4, -0.2) is 12.9 Å². The van der Waals surface area contributed by atoms with Crippen molar-refractivity contribution in [3.63, 3.8) is 0 Å². The molecule has 3 heteroatoms. The minimum atomic E-state index is 0.181. The predicted molar refractivity (Wildman–Crippen MR) is 64.4 cm³/mol. The first-order valence-electron chi connectivity index (χ1n) is 5.51. The fraction of sp³-hybridized carbons (Fsp3) is 0.462. The second-order valence-electron chi connectivity index (χ2n) is 4.41. The van der Waals surface area contributed by atoms with Gasteiger partial charge >= 0.3 is 0 Å². The van der Waals surface area contributed by atoms with E-state index >= 15 is 0 Å². The van der Waals surface area contributed by atoms with E-state index in [9.17, 15) is 4.79 Å². The molecule has 0 bridgehead atoms. The quantitative estimate of drug-likeness (QED) is 0.700. The topological polar surface area (TPSA) is 26.3 Å². The molecular weight excluding hydrogens is 224 g/mol. The molecular formula is C13H15ClO2. The summed E-state index contributed by atoms with van der Waals surface area (Å²) in [5, 5.41) is 0.650. The molecule has 1 aliphatic rings. The molecule has 1 aromatic rings. The summed E-state index contributed by atoms with van der Waals surface area (Å²) in [5.41, 5.74) is 1.73. The molecule has 2 nitrogen and oxygen atoms in total. The van der Waals surface area contributed by atoms with Gasteiger partial charge in [0.25, 0.3) is 0 Å². The van der Waals surface area contributed by atoms with E-state index in [1.54, 1.807) is 13.2 Å². The van der Waals surface area contributed by atoms with Crippen molar-refractivity contribution < 1.29 is 9.53 Å². The molecule has 0 aliphatic heterocycles. The monoisotopic (exact) mass is 238 g/mol. The van der Waals surface area contributed by atoms with E-state index in [0.717, 1.165) is 24.0 Å². The minimum Gasteiger partial charge on any atom is -0.497 e. The Kier molecular flexibility index (Phi) is 3.20. The van der Waals surface area contributed by atoms with Crippen molar-refractivity contribution >= 4 is 17.4 Å². The number of hydrogen-bond donors (Lipinski definition) is 0. The van der Waals surface area contributed by atoms with Gasteiger partial charge in [-0.1, -0.05) is 18.5 Å². The van der Waals surface area contributed by atoms with Crippen molar-refractivity contribution in [2.75, 3.05) is 7.11 Å². The number of carbonyl (C=O) groups is 1. The Morgan fingerprint density at radius 3 is 2.88 bits per heavy atom. The van der Waals surface area contributed by atoms with Crippen molar-refractivity contribution in [2.45, 2.75) is 26.2 Å². The number of methoxy groups -OCH3 is 1. The van der Waals surface area contributed by atoms with Gasteiger partial charge in [-0.25, -0.2) is 0 Å². The van der Waals surface area contributed by atoms with Crippen molar-refractivity contribution in [3.05, 3.63) is 28.3 Å². The minimum absolute atomic E-state index is 0.181. The molecule has 0 spiro atoms. The number of rotatable bonds is 1. The van der Waals surface area contributed by atoms with Gasteiger partial charge in [0.1, 0.15) is 5.75 Å². The lowest BCUT2D eigenvalue weighted by molar-refractivity contribution is 0.0967. The number of Topliss-reactive ketones (excluding diaryl/α,β-unsaturated/α-hetero) is 1. The van der Waals surface area contributed by atoms with E-state index in [-0.39, 0.29) is 5.78 Å². The highest BCUT2D eigenvalue weighted by Crippen LogP contribution is 2.32. The Bertz CT molecular complexity index is 426. The lowest BCUT2D eigenvalue weighted by Crippen LogP contribution is -2.04. The van der Waals surface area contributed by atoms with E-state index in [1.807, 2.05) is 6.07 Å². The molecule has 1 atom stereocenters. The molecule has 0 saturated carbocycles. The number of hydrogen-bond acceptors (Lipinski definition) is 2. The smallest absolute Gasteiger partial charge is 0.163 e. The van der Waals surface area contributed by atoms with Crippen molar-refractivity contribution in [3.8, 4) is 5.75 Å². The van der Waals surface area contributed by atoms with Crippen LogP contribution in [0.15, 0.2) is 12.1 Å². The third-order valence-corrected chi connectivity index (χ3v) is 3.46. The van der Waals surface area contributed by atoms with E-state index in [0.29, 0.717) is 23.1 Å². The van der Waals surface area contributed by atoms with Gasteiger partial charge in [0.2, 0.25) is 0 Å². The highest BCUT2D eigenvalue weighted by Gasteiger charge is 2.22. The van der Waals surface area contributed by atoms with Gasteiger partial charge < -0.3 is 4.74 Å². The summed E-state index contributed by atoms with van der Waals surface area (Å²) >= 11 is 6.18. The summed E-state index contributed by atoms with van der Waals surface area (Å²) in [6.45, 7) is 2.11. The largest absolute Gasteiger partial charge is 0.497 e. The average molecular weight is 239 g/mol. The summed E-state index contributed by atoms with van der Waals surface area (Å²) in [5.74, 6) is 1.27. The fourth-order valence-corrected chi connectivity index (χ4v) is 2.46. The number of fused-ring (bicyclic) bond motifs is 1. The van der Waals surface area contributed by atoms with E-state index in [2.05, 4.69) is 6.92 Å². The Hall–Kier alpha value is -1.02. The molecule has 0 N–H and O–H groups in total. The molecule has 1 aliphatic carbocycles. The Morgan fingerprint density at radius 1 is 1.44 bits per heavy atom. The van der Waals surface area contributed by atoms with Crippen LogP contribution in [0.2, 0.25) is 5.02 Å². The normalized spacial score (nSPS) is 20.2. The first kappa shape index (κ1) is 11.5. The lowest BCUT2D eigenvalue weighted by Gasteiger charge is -2.09. The molecule has 0 radical (unpaired) electrons. The molecule has 2 rings (SSSR count). The zero-order chi connectivity index (χ0) is 11.7. The maximum absolute atomic E-state index is 12.0. The predicted octanol–water partition coefficient (Wildman–Crippen LogP) is 3.50. The Balaban J connectivity index is 2.51. The second kappa shape index (κ2) is 4.46. The summed E-state index contributed by atoms with van der Waals surface area (Å²) < 4.78 is 5.14. The maximum Gasteiger partial charge on any atom is 0.163 e. The van der Waals surface area contributed by atoms with Crippen LogP contribution in [0.1, 0.15) is 35.7 Å². The van der Waals surface area contributed by atoms with Gasteiger partial charge in [0.05, 0.1) is 7.11 Å². The van der Waals surface area contributed by atoms with Gasteiger partial charge in [-0.05, 0) is 36.5 Å². The number of halogens is 1. The zero-order valence-electron chi connectivity index (χ0n) is 9.55. The van der Waals surface area contributed by atoms with E-state index < -0.39 is 0 Å². The number of ether oxygens (including phenoxy) is 1. The summed E-state index contributed by atoms with van der Waals surface area (Å²) in [4.78, 5) is 12.0. The molecule has 0 amide bonds. The van der Waals surface area contributed by atoms with Crippen LogP contribution < -0.4 is 4.74 Å². The van der Waals surface area contributed by atoms with Crippen LogP contribution in [0.3, 0.4) is 0 Å². The molecule has 0 fully saturated rings. The standard InChI is InChI=1S/C13H15ClO2/c1-8-3-4-10-11(13(15)5-8)6-9(16-2)7-12(10)14/h6-8H,3-5H2,1-2H3. The third-order valence-electron chi connectivity index (χ3n) is 3.13. The van der Waals surface area contributed by atoms with Crippen LogP contribution >= 0.6 is 11.6 Å². The van der Waals surface area contributed by atoms with Crippen molar-refractivity contribution in [2.24, 2.45) is 5.92 Å². The van der Waals surface area contributed by atoms with Gasteiger partial charge in [0.15, 0.2) is 5.78 Å². The van der Waals surface area contributed by atoms with Gasteiger partial charge in [-0.3, -0.25) is 4.79 Å². The Labute approximate surface area is 101 Å². The fourth-order valence-electron chi connectivity index (χ4n) is 2.15. The first-order valence-corrected chi connectivity index (χ1v) is 5.89. The highest BCUT2D eigenvalue weighted by molar-refractivity contribution is 6.32. The van der Waals surface area contributed by atoms with Crippen LogP contribution in [0, 0.1) is 5.92 Å². The maximum atomic E-state index is 12.0. The molecule has 0 heterocycles. The second-order valence-corrected chi connectivity index (χ2v) is 4.81. The van der Waals surface area contributed by atoms with Gasteiger partial charge in [0, 0.05) is 17.0 Å². The van der Waals surface area contributed by atoms with E-state index in [4.69, 9.17) is 16.3 Å². The Morgan fingerprint density at radius 2 is 2.19 bits per heavy atom. The van der Waals surface area contributed by atoms with Crippen LogP contribution in [0.5, 0.6) is 5.75 Å². The SMILES string of the molecule is COc1cc(Cl)c2c(c1)C(=O)CC(C)CC2. The number of benzene rings is 1. The average Bonchev–Trinajstić information content (AvgIpc) is 2.39. The van der Waals surface area contributed by atoms with Gasteiger partial charge in [-0.2, -0.15) is 0 Å². The number of ketones is 1. The molecule has 86 valence electrons. The molecule has 16 heavy (non-hydrogen) atoms. The number of carbonyl (C=O) groups excluding carboxylic acids is 1. The molecule has 0 saturated heterocycles. The van der Waals surface area contributed by atoms with Crippen LogP contribution in [-0.2, 0) is 6.42 Å². The lowest BCUT2D eigenvalue weighted by atomic mass is 10.0. The van der Waals surface area contributed by atoms with Crippen molar-refractivity contribution in [1.82, 2.24) is 0 Å². The summed E-state index contributed by atoms with van der Waals surface area (Å²) in [7, 11) is 1.59. The van der Waals surface area contributed by atoms with Gasteiger partial charge in [-0.15, -0.1) is 0 Å². The van der Waals surface area contributed by atoms with Crippen LogP contribution in [0.25, 0.3) is 0 Å². The first-order chi connectivity index (χ1) is 7.61. The van der Waals surface area contributed by atoms with E-state index in [1.165, 1.54) is 0 Å². The summed E-state index contributed by atoms with van der Waals surface area (Å²) in [6.07, 6.45) is 2.51. The van der Waals surface area contributed by atoms with Crippen molar-refractivity contribution in [1.29, 1.82) is 0 Å². The van der Waals surface area contributed by atoms with Crippen LogP contribution in [0.4, 0.5) is 0 Å². The zero-order valence-corrected chi connectivity index (χ0v) is 10.3. The molecule has 0 aromatic heterocycles. The highest BCUT2D eigenvalue weighted by atomic mass is 35.5. The summed E-state index contributed by atoms with van der Waals surface area (Å²) in [6, 6.07) is 3.59. The third kappa shape index (κ3) is 2.07. The molecule has 1 aromatic carbocycles.